The van der Waals surface area contributed by atoms with Gasteiger partial charge in [-0.3, -0.25) is 4.79 Å². The van der Waals surface area contributed by atoms with Crippen LogP contribution >= 0.6 is 0 Å². The largest absolute Gasteiger partial charge is 0.385 e. The summed E-state index contributed by atoms with van der Waals surface area (Å²) < 4.78 is 0. The van der Waals surface area contributed by atoms with Crippen molar-refractivity contribution in [1.29, 1.82) is 0 Å². The molecule has 0 bridgehead atoms. The Hall–Kier alpha value is -2.17. The quantitative estimate of drug-likeness (QED) is 0.885. The van der Waals surface area contributed by atoms with Crippen molar-refractivity contribution in [3.63, 3.8) is 0 Å². The van der Waals surface area contributed by atoms with Crippen LogP contribution in [-0.2, 0) is 12.0 Å². The highest BCUT2D eigenvalue weighted by atomic mass is 16.3. The summed E-state index contributed by atoms with van der Waals surface area (Å²) >= 11 is 0. The van der Waals surface area contributed by atoms with E-state index in [9.17, 15) is 9.90 Å². The topological polar surface area (TPSA) is 43.8 Å². The number of aryl methyl sites for hydroxylation is 1. The van der Waals surface area contributed by atoms with Crippen molar-refractivity contribution in [3.8, 4) is 0 Å². The summed E-state index contributed by atoms with van der Waals surface area (Å²) in [5, 5.41) is 11.0. The van der Waals surface area contributed by atoms with E-state index in [4.69, 9.17) is 0 Å². The molecule has 0 radical (unpaired) electrons. The molecule has 1 atom stereocenters. The van der Waals surface area contributed by atoms with Gasteiger partial charge in [0, 0.05) is 50.9 Å². The first-order valence-electron chi connectivity index (χ1n) is 10.3. The van der Waals surface area contributed by atoms with Crippen LogP contribution in [0.1, 0.15) is 40.7 Å². The number of likely N-dealkylation sites (tertiary alicyclic amines) is 1. The van der Waals surface area contributed by atoms with Gasteiger partial charge in [0.2, 0.25) is 0 Å². The van der Waals surface area contributed by atoms with E-state index in [-0.39, 0.29) is 11.7 Å². The molecule has 4 rings (SSSR count). The summed E-state index contributed by atoms with van der Waals surface area (Å²) in [6.07, 6.45) is 3.33. The lowest BCUT2D eigenvalue weighted by Gasteiger charge is -2.40. The molecular weight excluding hydrogens is 348 g/mol. The number of carbonyl (C=O) groups is 1. The molecule has 1 unspecified atom stereocenters. The fraction of sp³-hybridized carbons (Fsp3) is 0.458. The second-order valence-corrected chi connectivity index (χ2v) is 8.53. The molecule has 148 valence electrons. The maximum absolute atomic E-state index is 13.0. The van der Waals surface area contributed by atoms with Crippen molar-refractivity contribution in [3.05, 3.63) is 65.2 Å². The average molecular weight is 379 g/mol. The van der Waals surface area contributed by atoms with Gasteiger partial charge in [0.1, 0.15) is 0 Å². The zero-order chi connectivity index (χ0) is 19.7. The average Bonchev–Trinajstić information content (AvgIpc) is 2.72. The molecule has 2 aromatic rings. The number of rotatable bonds is 4. The molecule has 1 fully saturated rings. The fourth-order valence-electron chi connectivity index (χ4n) is 4.61. The number of ketones is 1. The summed E-state index contributed by atoms with van der Waals surface area (Å²) in [6.45, 7) is 2.47. The molecule has 1 saturated heterocycles. The van der Waals surface area contributed by atoms with E-state index in [1.165, 1.54) is 5.56 Å². The second kappa shape index (κ2) is 7.69. The van der Waals surface area contributed by atoms with Crippen molar-refractivity contribution < 1.29 is 9.90 Å². The molecule has 1 N–H and O–H groups in total. The molecule has 0 saturated carbocycles. The van der Waals surface area contributed by atoms with Gasteiger partial charge < -0.3 is 14.9 Å². The number of benzene rings is 2. The predicted molar refractivity (Wildman–Crippen MR) is 113 cm³/mol. The van der Waals surface area contributed by atoms with E-state index in [2.05, 4.69) is 15.9 Å². The summed E-state index contributed by atoms with van der Waals surface area (Å²) in [4.78, 5) is 17.5. The number of anilines is 1. The molecule has 1 aliphatic heterocycles. The fourth-order valence-corrected chi connectivity index (χ4v) is 4.61. The minimum atomic E-state index is -0.733. The number of aliphatic hydroxyl groups is 1. The van der Waals surface area contributed by atoms with Crippen molar-refractivity contribution in [2.75, 3.05) is 38.6 Å². The van der Waals surface area contributed by atoms with Crippen LogP contribution in [0, 0.1) is 5.92 Å². The van der Waals surface area contributed by atoms with E-state index < -0.39 is 5.60 Å². The maximum Gasteiger partial charge on any atom is 0.167 e. The second-order valence-electron chi connectivity index (χ2n) is 8.53. The highest BCUT2D eigenvalue weighted by Crippen LogP contribution is 2.34. The summed E-state index contributed by atoms with van der Waals surface area (Å²) in [6, 6.07) is 16.2. The number of Topliss-reactive ketones (excluding diaryl/α,β-unsaturated/α-hetero) is 1. The Morgan fingerprint density at radius 1 is 1.11 bits per heavy atom. The zero-order valence-electron chi connectivity index (χ0n) is 16.9. The van der Waals surface area contributed by atoms with Crippen molar-refractivity contribution >= 4 is 11.5 Å². The zero-order valence-corrected chi connectivity index (χ0v) is 16.9. The van der Waals surface area contributed by atoms with Gasteiger partial charge in [-0.25, -0.2) is 0 Å². The van der Waals surface area contributed by atoms with Crippen molar-refractivity contribution in [2.45, 2.75) is 31.3 Å². The normalized spacial score (nSPS) is 22.0. The van der Waals surface area contributed by atoms with Crippen molar-refractivity contribution in [2.24, 2.45) is 5.92 Å². The Morgan fingerprint density at radius 2 is 1.82 bits per heavy atom. The summed E-state index contributed by atoms with van der Waals surface area (Å²) in [5.74, 6) is 0.357. The smallest absolute Gasteiger partial charge is 0.167 e. The Bertz CT molecular complexity index is 839. The van der Waals surface area contributed by atoms with Crippen LogP contribution in [0.4, 0.5) is 5.69 Å². The van der Waals surface area contributed by atoms with E-state index in [0.29, 0.717) is 0 Å². The van der Waals surface area contributed by atoms with Gasteiger partial charge in [-0.1, -0.05) is 30.3 Å². The van der Waals surface area contributed by atoms with Gasteiger partial charge in [-0.2, -0.15) is 0 Å². The minimum absolute atomic E-state index is 0.0700. The molecule has 2 aromatic carbocycles. The third kappa shape index (κ3) is 3.71. The first-order chi connectivity index (χ1) is 13.5. The number of fused-ring (bicyclic) bond motifs is 1. The third-order valence-electron chi connectivity index (χ3n) is 6.48. The third-order valence-corrected chi connectivity index (χ3v) is 6.48. The predicted octanol–water partition coefficient (Wildman–Crippen LogP) is 3.48. The van der Waals surface area contributed by atoms with Gasteiger partial charge in [0.15, 0.2) is 5.78 Å². The van der Waals surface area contributed by atoms with Crippen LogP contribution in [0.2, 0.25) is 0 Å². The van der Waals surface area contributed by atoms with Crippen LogP contribution in [-0.4, -0.2) is 49.5 Å². The number of carbonyl (C=O) groups excluding carboxylic acids is 1. The summed E-state index contributed by atoms with van der Waals surface area (Å²) in [7, 11) is 4.06. The van der Waals surface area contributed by atoms with Gasteiger partial charge in [0.05, 0.1) is 5.60 Å². The van der Waals surface area contributed by atoms with Gasteiger partial charge in [-0.15, -0.1) is 0 Å². The number of hydrogen-bond acceptors (Lipinski definition) is 4. The number of nitrogens with zero attached hydrogens (tertiary/aromatic N) is 2. The first-order valence-corrected chi connectivity index (χ1v) is 10.3. The molecule has 0 amide bonds. The van der Waals surface area contributed by atoms with Gasteiger partial charge in [0.25, 0.3) is 0 Å². The molecule has 2 aliphatic rings. The molecule has 1 aliphatic carbocycles. The van der Waals surface area contributed by atoms with Crippen molar-refractivity contribution in [1.82, 2.24) is 4.90 Å². The van der Waals surface area contributed by atoms with Crippen LogP contribution < -0.4 is 4.90 Å². The molecular formula is C24H30N2O2. The molecule has 1 heterocycles. The van der Waals surface area contributed by atoms with Crippen LogP contribution in [0.25, 0.3) is 0 Å². The maximum atomic E-state index is 13.0. The highest BCUT2D eigenvalue weighted by Gasteiger charge is 2.36. The molecule has 0 aromatic heterocycles. The monoisotopic (exact) mass is 378 g/mol. The van der Waals surface area contributed by atoms with Gasteiger partial charge in [-0.05, 0) is 55.0 Å². The van der Waals surface area contributed by atoms with Gasteiger partial charge >= 0.3 is 0 Å². The van der Waals surface area contributed by atoms with Crippen LogP contribution in [0.15, 0.2) is 48.5 Å². The van der Waals surface area contributed by atoms with E-state index in [1.807, 2.05) is 56.6 Å². The van der Waals surface area contributed by atoms with Crippen LogP contribution in [0.3, 0.4) is 0 Å². The Labute approximate surface area is 167 Å². The molecule has 4 nitrogen and oxygen atoms in total. The Morgan fingerprint density at radius 3 is 2.50 bits per heavy atom. The van der Waals surface area contributed by atoms with E-state index in [0.717, 1.165) is 62.1 Å². The minimum Gasteiger partial charge on any atom is -0.385 e. The standard InChI is InChI=1S/C24H30N2O2/c1-25(2)21-10-11-22-18(16-21)8-9-19(23(22)27)17-26-14-12-24(28,13-15-26)20-6-4-3-5-7-20/h3-7,10-11,16,19,28H,8-9,12-15,17H2,1-2H3. The summed E-state index contributed by atoms with van der Waals surface area (Å²) in [5.41, 5.74) is 3.52. The molecule has 4 heteroatoms. The Balaban J connectivity index is 1.39. The van der Waals surface area contributed by atoms with Crippen LogP contribution in [0.5, 0.6) is 0 Å². The SMILES string of the molecule is CN(C)c1ccc2c(c1)CCC(CN1CCC(O)(c3ccccc3)CC1)C2=O. The number of piperidine rings is 1. The highest BCUT2D eigenvalue weighted by molar-refractivity contribution is 6.00. The van der Waals surface area contributed by atoms with E-state index in [1.54, 1.807) is 0 Å². The lowest BCUT2D eigenvalue weighted by atomic mass is 9.81. The lowest BCUT2D eigenvalue weighted by molar-refractivity contribution is -0.0283. The van der Waals surface area contributed by atoms with E-state index >= 15 is 0 Å². The first kappa shape index (κ1) is 19.2. The molecule has 0 spiro atoms. The molecule has 28 heavy (non-hydrogen) atoms. The lowest BCUT2D eigenvalue weighted by Crippen LogP contribution is -2.45. The Kier molecular flexibility index (Phi) is 5.26. The number of hydrogen-bond donors (Lipinski definition) is 1.